The monoisotopic (exact) mass is 244 g/mol. The lowest BCUT2D eigenvalue weighted by Crippen LogP contribution is -2.42. The molecule has 0 saturated heterocycles. The minimum absolute atomic E-state index is 0.0299. The highest BCUT2D eigenvalue weighted by Crippen LogP contribution is 2.24. The van der Waals surface area contributed by atoms with Crippen molar-refractivity contribution in [3.05, 3.63) is 35.4 Å². The van der Waals surface area contributed by atoms with E-state index < -0.39 is 17.2 Å². The van der Waals surface area contributed by atoms with E-state index in [9.17, 15) is 13.9 Å². The van der Waals surface area contributed by atoms with E-state index in [0.717, 1.165) is 18.2 Å². The maximum absolute atomic E-state index is 13.5. The quantitative estimate of drug-likeness (QED) is 0.862. The summed E-state index contributed by atoms with van der Waals surface area (Å²) in [6.07, 6.45) is 0.0299. The van der Waals surface area contributed by atoms with Crippen LogP contribution < -0.4 is 0 Å². The second-order valence-electron chi connectivity index (χ2n) is 4.60. The fourth-order valence-electron chi connectivity index (χ4n) is 1.68. The van der Waals surface area contributed by atoms with Crippen LogP contribution in [0.3, 0.4) is 0 Å². The van der Waals surface area contributed by atoms with E-state index in [0.29, 0.717) is 0 Å². The van der Waals surface area contributed by atoms with Crippen LogP contribution >= 0.6 is 0 Å². The average Bonchev–Trinajstić information content (AvgIpc) is 2.23. The van der Waals surface area contributed by atoms with Gasteiger partial charge in [0.05, 0.1) is 12.2 Å². The highest BCUT2D eigenvalue weighted by atomic mass is 19.1. The van der Waals surface area contributed by atoms with Crippen LogP contribution in [-0.2, 0) is 11.2 Å². The van der Waals surface area contributed by atoms with Crippen molar-refractivity contribution < 1.29 is 18.6 Å². The maximum Gasteiger partial charge on any atom is 0.126 e. The third-order valence-electron chi connectivity index (χ3n) is 2.97. The molecule has 1 unspecified atom stereocenters. The highest BCUT2D eigenvalue weighted by molar-refractivity contribution is 5.21. The van der Waals surface area contributed by atoms with Crippen molar-refractivity contribution in [2.24, 2.45) is 5.92 Å². The van der Waals surface area contributed by atoms with Gasteiger partial charge in [-0.1, -0.05) is 13.8 Å². The second-order valence-corrected chi connectivity index (χ2v) is 4.60. The van der Waals surface area contributed by atoms with Crippen LogP contribution in [0.25, 0.3) is 0 Å². The molecule has 4 heteroatoms. The van der Waals surface area contributed by atoms with Crippen LogP contribution in [0.2, 0.25) is 0 Å². The van der Waals surface area contributed by atoms with Gasteiger partial charge < -0.3 is 9.84 Å². The lowest BCUT2D eigenvalue weighted by atomic mass is 9.85. The summed E-state index contributed by atoms with van der Waals surface area (Å²) in [5, 5.41) is 10.3. The molecule has 0 fully saturated rings. The molecule has 0 radical (unpaired) electrons. The molecule has 0 aliphatic heterocycles. The molecule has 1 N–H and O–H groups in total. The number of ether oxygens (including phenoxy) is 1. The summed E-state index contributed by atoms with van der Waals surface area (Å²) in [5.74, 6) is -1.14. The summed E-state index contributed by atoms with van der Waals surface area (Å²) < 4.78 is 31.5. The third-order valence-corrected chi connectivity index (χ3v) is 2.97. The summed E-state index contributed by atoms with van der Waals surface area (Å²) >= 11 is 0. The lowest BCUT2D eigenvalue weighted by Gasteiger charge is -2.31. The first kappa shape index (κ1) is 14.1. The van der Waals surface area contributed by atoms with Gasteiger partial charge in [-0.15, -0.1) is 0 Å². The first-order chi connectivity index (χ1) is 7.89. The Morgan fingerprint density at radius 2 is 2.00 bits per heavy atom. The van der Waals surface area contributed by atoms with E-state index in [4.69, 9.17) is 4.74 Å². The molecule has 17 heavy (non-hydrogen) atoms. The van der Waals surface area contributed by atoms with Gasteiger partial charge in [0.1, 0.15) is 11.6 Å². The van der Waals surface area contributed by atoms with Gasteiger partial charge in [0.2, 0.25) is 0 Å². The summed E-state index contributed by atoms with van der Waals surface area (Å²) in [6.45, 7) is 3.72. The van der Waals surface area contributed by atoms with Gasteiger partial charge in [0.25, 0.3) is 0 Å². The predicted molar refractivity (Wildman–Crippen MR) is 61.7 cm³/mol. The topological polar surface area (TPSA) is 29.5 Å². The zero-order valence-corrected chi connectivity index (χ0v) is 10.3. The van der Waals surface area contributed by atoms with Crippen molar-refractivity contribution in [1.29, 1.82) is 0 Å². The second kappa shape index (κ2) is 5.56. The predicted octanol–water partition coefficient (Wildman–Crippen LogP) is 2.54. The Morgan fingerprint density at radius 1 is 1.35 bits per heavy atom. The zero-order chi connectivity index (χ0) is 13.1. The molecule has 0 aliphatic rings. The van der Waals surface area contributed by atoms with Crippen LogP contribution in [0.4, 0.5) is 8.78 Å². The van der Waals surface area contributed by atoms with Crippen LogP contribution in [0.5, 0.6) is 0 Å². The SMILES string of the molecule is COCC(O)(Cc1cc(F)ccc1F)C(C)C. The lowest BCUT2D eigenvalue weighted by molar-refractivity contribution is -0.0642. The molecular formula is C13H18F2O2. The first-order valence-corrected chi connectivity index (χ1v) is 5.54. The number of aliphatic hydroxyl groups is 1. The first-order valence-electron chi connectivity index (χ1n) is 5.54. The molecule has 0 heterocycles. The Balaban J connectivity index is 2.97. The molecule has 96 valence electrons. The summed E-state index contributed by atoms with van der Waals surface area (Å²) in [6, 6.07) is 3.24. The fraction of sp³-hybridized carbons (Fsp3) is 0.538. The Kier molecular flexibility index (Phi) is 4.60. The van der Waals surface area contributed by atoms with E-state index >= 15 is 0 Å². The van der Waals surface area contributed by atoms with Gasteiger partial charge in [-0.2, -0.15) is 0 Å². The number of rotatable bonds is 5. The number of methoxy groups -OCH3 is 1. The average molecular weight is 244 g/mol. The Morgan fingerprint density at radius 3 is 2.53 bits per heavy atom. The van der Waals surface area contributed by atoms with E-state index in [1.807, 2.05) is 13.8 Å². The zero-order valence-electron chi connectivity index (χ0n) is 10.3. The molecule has 0 spiro atoms. The van der Waals surface area contributed by atoms with Crippen molar-refractivity contribution in [3.8, 4) is 0 Å². The van der Waals surface area contributed by atoms with Gasteiger partial charge in [-0.25, -0.2) is 8.78 Å². The van der Waals surface area contributed by atoms with Gasteiger partial charge in [0.15, 0.2) is 0 Å². The molecule has 0 saturated carbocycles. The van der Waals surface area contributed by atoms with Gasteiger partial charge >= 0.3 is 0 Å². The number of hydrogen-bond donors (Lipinski definition) is 1. The molecule has 1 rings (SSSR count). The fourth-order valence-corrected chi connectivity index (χ4v) is 1.68. The summed E-state index contributed by atoms with van der Waals surface area (Å²) in [7, 11) is 1.47. The molecular weight excluding hydrogens is 226 g/mol. The number of benzene rings is 1. The van der Waals surface area contributed by atoms with E-state index in [2.05, 4.69) is 0 Å². The maximum atomic E-state index is 13.5. The highest BCUT2D eigenvalue weighted by Gasteiger charge is 2.32. The van der Waals surface area contributed by atoms with E-state index in [1.54, 1.807) is 0 Å². The van der Waals surface area contributed by atoms with Crippen LogP contribution in [0, 0.1) is 17.6 Å². The molecule has 1 aromatic carbocycles. The smallest absolute Gasteiger partial charge is 0.126 e. The molecule has 0 bridgehead atoms. The molecule has 0 aromatic heterocycles. The molecule has 1 atom stereocenters. The van der Waals surface area contributed by atoms with Crippen LogP contribution in [0.1, 0.15) is 19.4 Å². The van der Waals surface area contributed by atoms with Gasteiger partial charge in [-0.3, -0.25) is 0 Å². The third kappa shape index (κ3) is 3.48. The van der Waals surface area contributed by atoms with Crippen molar-refractivity contribution in [2.45, 2.75) is 25.9 Å². The minimum atomic E-state index is -1.19. The van der Waals surface area contributed by atoms with Crippen LogP contribution in [-0.4, -0.2) is 24.4 Å². The van der Waals surface area contributed by atoms with Gasteiger partial charge in [-0.05, 0) is 29.7 Å². The van der Waals surface area contributed by atoms with Crippen molar-refractivity contribution >= 4 is 0 Å². The van der Waals surface area contributed by atoms with Crippen LogP contribution in [0.15, 0.2) is 18.2 Å². The largest absolute Gasteiger partial charge is 0.387 e. The molecule has 1 aromatic rings. The Hall–Kier alpha value is -1.00. The number of hydrogen-bond acceptors (Lipinski definition) is 2. The van der Waals surface area contributed by atoms with E-state index in [1.165, 1.54) is 7.11 Å². The Labute approximate surface area is 100 Å². The standard InChI is InChI=1S/C13H18F2O2/c1-9(2)13(16,8-17-3)7-10-6-11(14)4-5-12(10)15/h4-6,9,16H,7-8H2,1-3H3. The molecule has 2 nitrogen and oxygen atoms in total. The number of halogens is 2. The van der Waals surface area contributed by atoms with Gasteiger partial charge in [0, 0.05) is 13.5 Å². The summed E-state index contributed by atoms with van der Waals surface area (Å²) in [4.78, 5) is 0. The summed E-state index contributed by atoms with van der Waals surface area (Å²) in [5.41, 5.74) is -1.03. The van der Waals surface area contributed by atoms with Crippen molar-refractivity contribution in [1.82, 2.24) is 0 Å². The normalized spacial score (nSPS) is 15.0. The molecule has 0 amide bonds. The van der Waals surface area contributed by atoms with Crippen molar-refractivity contribution in [3.63, 3.8) is 0 Å². The molecule has 0 aliphatic carbocycles. The Bertz CT molecular complexity index is 380. The minimum Gasteiger partial charge on any atom is -0.387 e. The van der Waals surface area contributed by atoms with E-state index in [-0.39, 0.29) is 24.5 Å². The van der Waals surface area contributed by atoms with Crippen molar-refractivity contribution in [2.75, 3.05) is 13.7 Å².